The van der Waals surface area contributed by atoms with E-state index in [1.807, 2.05) is 27.7 Å². The van der Waals surface area contributed by atoms with Gasteiger partial charge in [-0.15, -0.1) is 0 Å². The van der Waals surface area contributed by atoms with Crippen molar-refractivity contribution in [1.29, 1.82) is 0 Å². The van der Waals surface area contributed by atoms with Gasteiger partial charge in [-0.1, -0.05) is 67.2 Å². The number of rotatable bonds is 13. The van der Waals surface area contributed by atoms with Crippen molar-refractivity contribution in [3.05, 3.63) is 24.3 Å². The summed E-state index contributed by atoms with van der Waals surface area (Å²) in [5.41, 5.74) is -0.638. The van der Waals surface area contributed by atoms with Crippen LogP contribution in [0, 0.1) is 23.2 Å². The van der Waals surface area contributed by atoms with Gasteiger partial charge < -0.3 is 26.2 Å². The summed E-state index contributed by atoms with van der Waals surface area (Å²) in [6.07, 6.45) is 13.9. The lowest BCUT2D eigenvalue weighted by atomic mass is 9.82. The van der Waals surface area contributed by atoms with Crippen LogP contribution in [0.25, 0.3) is 0 Å². The lowest BCUT2D eigenvalue weighted by Crippen LogP contribution is -2.62. The number of amides is 5. The molecule has 1 aromatic heterocycles. The molecule has 5 amide bonds. The Kier molecular flexibility index (Phi) is 21.8. The van der Waals surface area contributed by atoms with E-state index in [-0.39, 0.29) is 96.8 Å². The molecule has 4 fully saturated rings. The molecule has 6 atom stereocenters. The molecule has 1 aliphatic heterocycles. The minimum atomic E-state index is -0.994. The van der Waals surface area contributed by atoms with Gasteiger partial charge >= 0.3 is 0 Å². The van der Waals surface area contributed by atoms with Gasteiger partial charge in [0.1, 0.15) is 23.8 Å². The second kappa shape index (κ2) is 22.9. The molecule has 4 aliphatic rings. The minimum absolute atomic E-state index is 0. The first-order valence-corrected chi connectivity index (χ1v) is 18.2. The van der Waals surface area contributed by atoms with Crippen molar-refractivity contribution in [2.24, 2.45) is 23.2 Å². The highest BCUT2D eigenvalue weighted by Gasteiger charge is 2.52. The first-order valence-electron chi connectivity index (χ1n) is 18.2. The largest absolute Gasteiger partial charge is 0.347 e. The molecule has 0 bridgehead atoms. The number of fused-ring (bicyclic) bond motifs is 1. The number of carbonyl (C=O) groups excluding carboxylic acids is 6. The average molecular weight is 832 g/mol. The molecule has 4 N–H and O–H groups in total. The third-order valence-corrected chi connectivity index (χ3v) is 10.7. The topological polar surface area (TPSA) is 180 Å². The van der Waals surface area contributed by atoms with Gasteiger partial charge in [-0.25, -0.2) is 4.98 Å². The zero-order valence-electron chi connectivity index (χ0n) is 31.3. The maximum absolute atomic E-state index is 14.6. The SMILES string of the molecule is C.CCC[C@H](NC(=O)[C@@H]1[C@@H]2CCC[C@@H]2CN1C(=O)[C@@H](NC(=O)[C@H](NC(=O)c1cnccn1)C1CCCCC1)C(C)(C)C)C(=O)C(=O)NC1CC1.S.S.S.S. The van der Waals surface area contributed by atoms with Crippen molar-refractivity contribution in [3.8, 4) is 0 Å². The Bertz CT molecular complexity index is 1410. The summed E-state index contributed by atoms with van der Waals surface area (Å²) in [7, 11) is 0. The normalized spacial score (nSPS) is 22.0. The summed E-state index contributed by atoms with van der Waals surface area (Å²) in [6, 6.07) is -3.68. The van der Waals surface area contributed by atoms with Crippen molar-refractivity contribution < 1.29 is 28.8 Å². The van der Waals surface area contributed by atoms with Crippen molar-refractivity contribution in [1.82, 2.24) is 36.1 Å². The summed E-state index contributed by atoms with van der Waals surface area (Å²) in [5.74, 6) is -3.20. The Morgan fingerprint density at radius 3 is 2.09 bits per heavy atom. The van der Waals surface area contributed by atoms with E-state index in [1.165, 1.54) is 18.6 Å². The monoisotopic (exact) mass is 831 g/mol. The fourth-order valence-corrected chi connectivity index (χ4v) is 7.87. The van der Waals surface area contributed by atoms with Gasteiger partial charge in [0.05, 0.1) is 12.2 Å². The first kappa shape index (κ1) is 51.5. The van der Waals surface area contributed by atoms with Gasteiger partial charge in [-0.05, 0) is 68.1 Å². The quantitative estimate of drug-likeness (QED) is 0.218. The van der Waals surface area contributed by atoms with Gasteiger partial charge in [0.25, 0.3) is 11.8 Å². The van der Waals surface area contributed by atoms with Crippen LogP contribution in [0.5, 0.6) is 0 Å². The number of nitrogens with one attached hydrogen (secondary N) is 4. The fourth-order valence-electron chi connectivity index (χ4n) is 7.87. The highest BCUT2D eigenvalue weighted by atomic mass is 32.1. The molecule has 0 unspecified atom stereocenters. The summed E-state index contributed by atoms with van der Waals surface area (Å²) < 4.78 is 0. The molecule has 2 heterocycles. The molecule has 3 saturated carbocycles. The Morgan fingerprint density at radius 1 is 0.852 bits per heavy atom. The molecule has 0 radical (unpaired) electrons. The van der Waals surface area contributed by atoms with Crippen molar-refractivity contribution in [3.63, 3.8) is 0 Å². The van der Waals surface area contributed by atoms with E-state index in [4.69, 9.17) is 0 Å². The predicted molar refractivity (Wildman–Crippen MR) is 229 cm³/mol. The Labute approximate surface area is 349 Å². The van der Waals surface area contributed by atoms with E-state index in [0.717, 1.165) is 64.2 Å². The van der Waals surface area contributed by atoms with Crippen LogP contribution in [0.3, 0.4) is 0 Å². The highest BCUT2D eigenvalue weighted by Crippen LogP contribution is 2.43. The molecule has 54 heavy (non-hydrogen) atoms. The summed E-state index contributed by atoms with van der Waals surface area (Å²) in [5, 5.41) is 11.5. The van der Waals surface area contributed by atoms with Gasteiger partial charge in [-0.3, -0.25) is 33.8 Å². The second-order valence-electron chi connectivity index (χ2n) is 15.5. The van der Waals surface area contributed by atoms with E-state index in [9.17, 15) is 28.8 Å². The Balaban J connectivity index is 0.00000562. The van der Waals surface area contributed by atoms with Crippen LogP contribution >= 0.6 is 54.0 Å². The van der Waals surface area contributed by atoms with Crippen molar-refractivity contribution >= 4 is 89.3 Å². The molecule has 1 saturated heterocycles. The van der Waals surface area contributed by atoms with E-state index < -0.39 is 59.0 Å². The van der Waals surface area contributed by atoms with E-state index in [2.05, 4.69) is 31.2 Å². The van der Waals surface area contributed by atoms with Crippen LogP contribution in [-0.2, 0) is 24.0 Å². The molecular formula is C37H65N7O6S4. The number of aromatic nitrogens is 2. The van der Waals surface area contributed by atoms with Gasteiger partial charge in [-0.2, -0.15) is 54.0 Å². The van der Waals surface area contributed by atoms with Gasteiger partial charge in [0.2, 0.25) is 23.5 Å². The van der Waals surface area contributed by atoms with Gasteiger partial charge in [0, 0.05) is 25.0 Å². The first-order chi connectivity index (χ1) is 23.4. The zero-order valence-corrected chi connectivity index (χ0v) is 35.3. The van der Waals surface area contributed by atoms with Crippen LogP contribution in [0.4, 0.5) is 0 Å². The molecular weight excluding hydrogens is 767 g/mol. The smallest absolute Gasteiger partial charge is 0.289 e. The number of hydrogen-bond acceptors (Lipinski definition) is 8. The molecule has 13 nitrogen and oxygen atoms in total. The molecule has 308 valence electrons. The van der Waals surface area contributed by atoms with Crippen LogP contribution < -0.4 is 21.3 Å². The number of nitrogens with zero attached hydrogens (tertiary/aromatic N) is 3. The predicted octanol–water partition coefficient (Wildman–Crippen LogP) is 3.53. The summed E-state index contributed by atoms with van der Waals surface area (Å²) in [6.45, 7) is 7.85. The van der Waals surface area contributed by atoms with Crippen LogP contribution in [-0.4, -0.2) is 86.9 Å². The average Bonchev–Trinajstić information content (AvgIpc) is 3.65. The molecule has 17 heteroatoms. The third kappa shape index (κ3) is 12.8. The lowest BCUT2D eigenvalue weighted by Gasteiger charge is -2.38. The zero-order chi connectivity index (χ0) is 35.3. The second-order valence-corrected chi connectivity index (χ2v) is 15.5. The summed E-state index contributed by atoms with van der Waals surface area (Å²) >= 11 is 0. The molecule has 0 spiro atoms. The standard InChI is InChI=1S/C36H53N7O6.CH4.4H2S/c1-5-10-25(29(44)34(48)39-23-15-16-23)40-33(47)28-24-14-9-13-22(24)20-43(28)35(49)30(36(2,3)4)42-32(46)27(21-11-7-6-8-12-21)41-31(45)26-19-37-17-18-38-26;;;;;/h17-19,21-25,27-28,30H,5-16,20H2,1-4H3,(H,39,48)(H,40,47)(H,41,45)(H,42,46);1H4;4*1H2/t22-,24-,25+,27-,28+,30-;;;;;/m1...../s1. The Morgan fingerprint density at radius 2 is 1.52 bits per heavy atom. The van der Waals surface area contributed by atoms with E-state index >= 15 is 0 Å². The van der Waals surface area contributed by atoms with E-state index in [0.29, 0.717) is 19.4 Å². The Hall–Kier alpha value is -2.50. The molecule has 1 aromatic rings. The fraction of sp³-hybridized carbons (Fsp3) is 0.730. The van der Waals surface area contributed by atoms with E-state index in [1.54, 1.807) is 4.90 Å². The van der Waals surface area contributed by atoms with Crippen molar-refractivity contribution in [2.75, 3.05) is 6.54 Å². The number of ketones is 1. The number of carbonyl (C=O) groups is 6. The highest BCUT2D eigenvalue weighted by molar-refractivity contribution is 7.59. The van der Waals surface area contributed by atoms with Gasteiger partial charge in [0.15, 0.2) is 0 Å². The molecule has 0 aromatic carbocycles. The number of likely N-dealkylation sites (tertiary alicyclic amines) is 1. The van der Waals surface area contributed by atoms with Crippen LogP contribution in [0.2, 0.25) is 0 Å². The third-order valence-electron chi connectivity index (χ3n) is 10.7. The maximum atomic E-state index is 14.6. The molecule has 5 rings (SSSR count). The summed E-state index contributed by atoms with van der Waals surface area (Å²) in [4.78, 5) is 91.4. The number of hydrogen-bond donors (Lipinski definition) is 4. The minimum Gasteiger partial charge on any atom is -0.347 e. The number of Topliss-reactive ketones (excluding diaryl/α,β-unsaturated/α-hetero) is 1. The van der Waals surface area contributed by atoms with Crippen LogP contribution in [0.15, 0.2) is 18.6 Å². The lowest BCUT2D eigenvalue weighted by molar-refractivity contribution is -0.146. The van der Waals surface area contributed by atoms with Crippen LogP contribution in [0.1, 0.15) is 123 Å². The molecule has 3 aliphatic carbocycles. The maximum Gasteiger partial charge on any atom is 0.289 e. The van der Waals surface area contributed by atoms with Crippen molar-refractivity contribution in [2.45, 2.75) is 142 Å².